The fourth-order valence-corrected chi connectivity index (χ4v) is 4.56. The first kappa shape index (κ1) is 18.2. The number of nitrogens with zero attached hydrogens (tertiary/aromatic N) is 2. The molecule has 0 aromatic heterocycles. The molecule has 4 rings (SSSR count). The van der Waals surface area contributed by atoms with Crippen LogP contribution in [0, 0.1) is 0 Å². The van der Waals surface area contributed by atoms with E-state index in [0.717, 1.165) is 62.2 Å². The molecule has 2 heterocycles. The van der Waals surface area contributed by atoms with Crippen LogP contribution in [0.25, 0.3) is 0 Å². The topological polar surface area (TPSA) is 47.6 Å². The number of nitrogens with one attached hydrogen (secondary N) is 2. The Balaban J connectivity index is 1.31. The molecule has 1 aliphatic carbocycles. The molecule has 3 fully saturated rings. The molecule has 5 nitrogen and oxygen atoms in total. The van der Waals surface area contributed by atoms with Crippen LogP contribution in [0.5, 0.6) is 0 Å². The number of hydrogen-bond donors (Lipinski definition) is 2. The van der Waals surface area contributed by atoms with E-state index in [1.165, 1.54) is 12.8 Å². The third-order valence-corrected chi connectivity index (χ3v) is 6.27. The van der Waals surface area contributed by atoms with Crippen LogP contribution in [-0.2, 0) is 4.79 Å². The quantitative estimate of drug-likeness (QED) is 0.825. The predicted molar refractivity (Wildman–Crippen MR) is 104 cm³/mol. The summed E-state index contributed by atoms with van der Waals surface area (Å²) >= 11 is 6.40. The van der Waals surface area contributed by atoms with E-state index < -0.39 is 0 Å². The van der Waals surface area contributed by atoms with Gasteiger partial charge in [-0.2, -0.15) is 0 Å². The molecule has 2 aliphatic heterocycles. The standard InChI is InChI=1S/C20H29ClN4O/c21-18-4-2-1-3-17(18)19-13-22-9-12-25(19)14-20(26)23-15-7-10-24(11-8-15)16-5-6-16/h1-4,15-16,19,22H,5-14H2,(H,23,26). The van der Waals surface area contributed by atoms with Crippen LogP contribution in [0.2, 0.25) is 5.02 Å². The number of benzene rings is 1. The summed E-state index contributed by atoms with van der Waals surface area (Å²) in [5.74, 6) is 0.147. The zero-order chi connectivity index (χ0) is 17.9. The van der Waals surface area contributed by atoms with Crippen molar-refractivity contribution in [2.45, 2.75) is 43.8 Å². The van der Waals surface area contributed by atoms with E-state index in [-0.39, 0.29) is 11.9 Å². The van der Waals surface area contributed by atoms with Crippen molar-refractivity contribution in [2.24, 2.45) is 0 Å². The van der Waals surface area contributed by atoms with Gasteiger partial charge in [0, 0.05) is 55.9 Å². The van der Waals surface area contributed by atoms with Crippen LogP contribution < -0.4 is 10.6 Å². The number of rotatable bonds is 5. The Hall–Kier alpha value is -1.14. The maximum Gasteiger partial charge on any atom is 0.234 e. The monoisotopic (exact) mass is 376 g/mol. The minimum Gasteiger partial charge on any atom is -0.352 e. The fraction of sp³-hybridized carbons (Fsp3) is 0.650. The van der Waals surface area contributed by atoms with E-state index in [9.17, 15) is 4.79 Å². The number of piperazine rings is 1. The highest BCUT2D eigenvalue weighted by Crippen LogP contribution is 2.30. The van der Waals surface area contributed by atoms with Gasteiger partial charge in [0.1, 0.15) is 0 Å². The molecule has 2 N–H and O–H groups in total. The number of amides is 1. The van der Waals surface area contributed by atoms with Crippen LogP contribution >= 0.6 is 11.6 Å². The summed E-state index contributed by atoms with van der Waals surface area (Å²) in [4.78, 5) is 17.5. The minimum absolute atomic E-state index is 0.147. The average molecular weight is 377 g/mol. The predicted octanol–water partition coefficient (Wildman–Crippen LogP) is 2.03. The molecular formula is C20H29ClN4O. The first-order chi connectivity index (χ1) is 12.7. The second-order valence-corrected chi connectivity index (χ2v) is 8.23. The Kier molecular flexibility index (Phi) is 5.79. The Labute approximate surface area is 161 Å². The van der Waals surface area contributed by atoms with Crippen molar-refractivity contribution in [1.29, 1.82) is 0 Å². The lowest BCUT2D eigenvalue weighted by atomic mass is 10.0. The van der Waals surface area contributed by atoms with Crippen molar-refractivity contribution in [2.75, 3.05) is 39.3 Å². The van der Waals surface area contributed by atoms with Gasteiger partial charge in [0.2, 0.25) is 5.91 Å². The molecule has 0 radical (unpaired) electrons. The molecule has 1 saturated carbocycles. The Morgan fingerprint density at radius 1 is 1.15 bits per heavy atom. The van der Waals surface area contributed by atoms with E-state index in [1.54, 1.807) is 0 Å². The van der Waals surface area contributed by atoms with Crippen LogP contribution in [0.1, 0.15) is 37.3 Å². The number of carbonyl (C=O) groups is 1. The Bertz CT molecular complexity index is 628. The van der Waals surface area contributed by atoms with Crippen molar-refractivity contribution < 1.29 is 4.79 Å². The third kappa shape index (κ3) is 4.39. The fourth-order valence-electron chi connectivity index (χ4n) is 4.29. The summed E-state index contributed by atoms with van der Waals surface area (Å²) in [6.07, 6.45) is 4.89. The molecule has 0 bridgehead atoms. The van der Waals surface area contributed by atoms with E-state index in [4.69, 9.17) is 11.6 Å². The van der Waals surface area contributed by atoms with E-state index in [1.807, 2.05) is 18.2 Å². The third-order valence-electron chi connectivity index (χ3n) is 5.92. The van der Waals surface area contributed by atoms with Gasteiger partial charge in [-0.05, 0) is 37.3 Å². The largest absolute Gasteiger partial charge is 0.352 e. The van der Waals surface area contributed by atoms with Crippen molar-refractivity contribution in [1.82, 2.24) is 20.4 Å². The molecule has 1 atom stereocenters. The van der Waals surface area contributed by atoms with E-state index in [0.29, 0.717) is 12.6 Å². The number of carbonyl (C=O) groups excluding carboxylic acids is 1. The summed E-state index contributed by atoms with van der Waals surface area (Å²) < 4.78 is 0. The molecule has 142 valence electrons. The summed E-state index contributed by atoms with van der Waals surface area (Å²) in [7, 11) is 0. The lowest BCUT2D eigenvalue weighted by molar-refractivity contribution is -0.124. The number of likely N-dealkylation sites (tertiary alicyclic amines) is 1. The van der Waals surface area contributed by atoms with E-state index in [2.05, 4.69) is 26.5 Å². The maximum absolute atomic E-state index is 12.6. The second-order valence-electron chi connectivity index (χ2n) is 7.82. The van der Waals surface area contributed by atoms with Crippen LogP contribution in [0.4, 0.5) is 0 Å². The van der Waals surface area contributed by atoms with Gasteiger partial charge >= 0.3 is 0 Å². The lowest BCUT2D eigenvalue weighted by Gasteiger charge is -2.37. The highest BCUT2D eigenvalue weighted by molar-refractivity contribution is 6.31. The minimum atomic E-state index is 0.147. The molecule has 0 spiro atoms. The van der Waals surface area contributed by atoms with Gasteiger partial charge in [0.05, 0.1) is 6.54 Å². The van der Waals surface area contributed by atoms with Gasteiger partial charge in [-0.1, -0.05) is 29.8 Å². The zero-order valence-electron chi connectivity index (χ0n) is 15.3. The van der Waals surface area contributed by atoms with Crippen LogP contribution in [0.3, 0.4) is 0 Å². The van der Waals surface area contributed by atoms with Crippen molar-refractivity contribution >= 4 is 17.5 Å². The van der Waals surface area contributed by atoms with Gasteiger partial charge in [-0.25, -0.2) is 0 Å². The molecule has 6 heteroatoms. The number of piperidine rings is 1. The van der Waals surface area contributed by atoms with Gasteiger partial charge in [0.15, 0.2) is 0 Å². The zero-order valence-corrected chi connectivity index (χ0v) is 16.0. The molecule has 1 amide bonds. The summed E-state index contributed by atoms with van der Waals surface area (Å²) in [5, 5.41) is 7.48. The van der Waals surface area contributed by atoms with Gasteiger partial charge in [-0.15, -0.1) is 0 Å². The van der Waals surface area contributed by atoms with Gasteiger partial charge in [-0.3, -0.25) is 9.69 Å². The van der Waals surface area contributed by atoms with Gasteiger partial charge < -0.3 is 15.5 Å². The molecular weight excluding hydrogens is 348 g/mol. The highest BCUT2D eigenvalue weighted by Gasteiger charge is 2.32. The first-order valence-corrected chi connectivity index (χ1v) is 10.3. The maximum atomic E-state index is 12.6. The molecule has 1 aromatic carbocycles. The molecule has 3 aliphatic rings. The summed E-state index contributed by atoms with van der Waals surface area (Å²) in [6, 6.07) is 9.29. The number of halogens is 1. The van der Waals surface area contributed by atoms with Crippen LogP contribution in [0.15, 0.2) is 24.3 Å². The Morgan fingerprint density at radius 2 is 1.92 bits per heavy atom. The smallest absolute Gasteiger partial charge is 0.234 e. The molecule has 26 heavy (non-hydrogen) atoms. The first-order valence-electron chi connectivity index (χ1n) is 9.93. The molecule has 1 unspecified atom stereocenters. The van der Waals surface area contributed by atoms with Crippen molar-refractivity contribution in [3.05, 3.63) is 34.9 Å². The summed E-state index contributed by atoms with van der Waals surface area (Å²) in [5.41, 5.74) is 1.10. The van der Waals surface area contributed by atoms with E-state index >= 15 is 0 Å². The second kappa shape index (κ2) is 8.26. The van der Waals surface area contributed by atoms with Crippen LogP contribution in [-0.4, -0.2) is 67.1 Å². The van der Waals surface area contributed by atoms with Gasteiger partial charge in [0.25, 0.3) is 0 Å². The Morgan fingerprint density at radius 3 is 2.65 bits per heavy atom. The summed E-state index contributed by atoms with van der Waals surface area (Å²) in [6.45, 7) is 5.31. The normalized spacial score (nSPS) is 26.0. The molecule has 2 saturated heterocycles. The SMILES string of the molecule is O=C(CN1CCNCC1c1ccccc1Cl)NC1CCN(C2CC2)CC1. The average Bonchev–Trinajstić information content (AvgIpc) is 3.49. The van der Waals surface area contributed by atoms with Crippen molar-refractivity contribution in [3.63, 3.8) is 0 Å². The number of hydrogen-bond acceptors (Lipinski definition) is 4. The van der Waals surface area contributed by atoms with Crippen molar-refractivity contribution in [3.8, 4) is 0 Å². The molecule has 1 aromatic rings. The lowest BCUT2D eigenvalue weighted by Crippen LogP contribution is -2.52. The highest BCUT2D eigenvalue weighted by atomic mass is 35.5.